The van der Waals surface area contributed by atoms with Crippen LogP contribution in [0.3, 0.4) is 0 Å². The van der Waals surface area contributed by atoms with Crippen LogP contribution in [0.5, 0.6) is 0 Å². The van der Waals surface area contributed by atoms with Crippen LogP contribution in [0.4, 0.5) is 0 Å². The van der Waals surface area contributed by atoms with Crippen LogP contribution in [0.1, 0.15) is 0 Å². The van der Waals surface area contributed by atoms with Crippen molar-refractivity contribution in [3.63, 3.8) is 0 Å². The van der Waals surface area contributed by atoms with Crippen molar-refractivity contribution < 1.29 is 58.4 Å². The van der Waals surface area contributed by atoms with E-state index in [-0.39, 0.29) is 65.9 Å². The van der Waals surface area contributed by atoms with E-state index in [0.717, 1.165) is 0 Å². The molecule has 0 rings (SSSR count). The van der Waals surface area contributed by atoms with Gasteiger partial charge in [0.15, 0.2) is 0 Å². The van der Waals surface area contributed by atoms with Gasteiger partial charge in [0.25, 0.3) is 0 Å². The summed E-state index contributed by atoms with van der Waals surface area (Å²) in [4.78, 5) is 0. The molecule has 0 heterocycles. The van der Waals surface area contributed by atoms with Gasteiger partial charge in [-0.25, -0.2) is 0 Å². The maximum Gasteiger partial charge on any atom is 0 e. The van der Waals surface area contributed by atoms with Crippen LogP contribution in [-0.2, 0) is 58.4 Å². The molecule has 14 valence electrons. The summed E-state index contributed by atoms with van der Waals surface area (Å²) in [5.41, 5.74) is 0. The van der Waals surface area contributed by atoms with Crippen molar-refractivity contribution in [3.05, 3.63) is 7.43 Å². The van der Waals surface area contributed by atoms with Crippen LogP contribution in [0.25, 0.3) is 0 Å². The van der Waals surface area contributed by atoms with Gasteiger partial charge in [-0.05, 0) is 0 Å². The Balaban J connectivity index is 0. The van der Waals surface area contributed by atoms with Crippen LogP contribution in [-0.4, -0.2) is 0 Å². The smallest absolute Gasteiger partial charge is 0 e. The molecular formula is CH3Zn3-. The molecule has 0 aromatic carbocycles. The Morgan fingerprint density at radius 2 is 0.500 bits per heavy atom. The molecule has 0 unspecified atom stereocenters. The molecule has 0 nitrogen and oxygen atoms in total. The van der Waals surface area contributed by atoms with Crippen LogP contribution in [0.15, 0.2) is 0 Å². The third-order valence-corrected chi connectivity index (χ3v) is 0. The second kappa shape index (κ2) is 20.9. The standard InChI is InChI=1S/CH3.3Zn/h1H3;;;/q-1;;;. The van der Waals surface area contributed by atoms with Crippen molar-refractivity contribution in [2.24, 2.45) is 0 Å². The molecule has 0 aromatic rings. The van der Waals surface area contributed by atoms with Gasteiger partial charge in [-0.1, -0.05) is 0 Å². The van der Waals surface area contributed by atoms with Gasteiger partial charge in [-0.2, -0.15) is 0 Å². The van der Waals surface area contributed by atoms with Gasteiger partial charge in [0, 0.05) is 58.4 Å². The van der Waals surface area contributed by atoms with E-state index in [9.17, 15) is 0 Å². The van der Waals surface area contributed by atoms with E-state index < -0.39 is 0 Å². The molecule has 0 saturated carbocycles. The molecule has 4 heavy (non-hydrogen) atoms. The van der Waals surface area contributed by atoms with Crippen molar-refractivity contribution in [2.75, 3.05) is 0 Å². The molecule has 0 saturated heterocycles. The van der Waals surface area contributed by atoms with Gasteiger partial charge in [0.2, 0.25) is 0 Å². The Bertz CT molecular complexity index is 3.25. The first kappa shape index (κ1) is 39.8. The van der Waals surface area contributed by atoms with Crippen molar-refractivity contribution in [1.29, 1.82) is 0 Å². The van der Waals surface area contributed by atoms with Gasteiger partial charge in [0.05, 0.1) is 0 Å². The first-order chi connectivity index (χ1) is 0. The molecule has 0 radical (unpaired) electrons. The Kier molecular flexibility index (Phi) is 208. The van der Waals surface area contributed by atoms with Crippen molar-refractivity contribution in [3.8, 4) is 0 Å². The largest absolute Gasteiger partial charge is 0.358 e. The molecule has 0 bridgehead atoms. The van der Waals surface area contributed by atoms with E-state index in [1.807, 2.05) is 0 Å². The summed E-state index contributed by atoms with van der Waals surface area (Å²) in [6, 6.07) is 0. The Labute approximate surface area is 65.4 Å². The molecule has 3 heteroatoms. The molecule has 0 amide bonds. The van der Waals surface area contributed by atoms with Crippen LogP contribution in [0.2, 0.25) is 0 Å². The first-order valence-corrected chi connectivity index (χ1v) is 0. The Morgan fingerprint density at radius 1 is 0.500 bits per heavy atom. The minimum absolute atomic E-state index is 0. The van der Waals surface area contributed by atoms with Gasteiger partial charge in [-0.3, -0.25) is 0 Å². The first-order valence-electron chi connectivity index (χ1n) is 0. The molecule has 0 fully saturated rings. The summed E-state index contributed by atoms with van der Waals surface area (Å²) >= 11 is 0. The summed E-state index contributed by atoms with van der Waals surface area (Å²) in [7, 11) is 0. The van der Waals surface area contributed by atoms with Gasteiger partial charge in [0.1, 0.15) is 0 Å². The van der Waals surface area contributed by atoms with Crippen molar-refractivity contribution in [2.45, 2.75) is 0 Å². The normalized spacial score (nSPS) is 0. The fourth-order valence-electron chi connectivity index (χ4n) is 0. The van der Waals surface area contributed by atoms with E-state index in [0.29, 0.717) is 0 Å². The fourth-order valence-corrected chi connectivity index (χ4v) is 0. The van der Waals surface area contributed by atoms with Crippen LogP contribution < -0.4 is 0 Å². The average Bonchev–Trinajstić information content (AvgIpc) is 0. The average molecular weight is 211 g/mol. The summed E-state index contributed by atoms with van der Waals surface area (Å²) in [5.74, 6) is 0. The van der Waals surface area contributed by atoms with Gasteiger partial charge in [-0.15, -0.1) is 0 Å². The zero-order chi connectivity index (χ0) is 0. The Morgan fingerprint density at radius 3 is 0.500 bits per heavy atom. The molecule has 0 aliphatic rings. The fraction of sp³-hybridized carbons (Fsp3) is 0. The topological polar surface area (TPSA) is 0 Å². The predicted molar refractivity (Wildman–Crippen MR) is 6.41 cm³/mol. The third-order valence-electron chi connectivity index (χ3n) is 0. The monoisotopic (exact) mass is 207 g/mol. The SMILES string of the molecule is [CH3-].[Zn].[Zn].[Zn]. The summed E-state index contributed by atoms with van der Waals surface area (Å²) in [6.45, 7) is 0. The minimum Gasteiger partial charge on any atom is -0.358 e. The molecule has 0 aliphatic heterocycles. The molecule has 0 N–H and O–H groups in total. The maximum atomic E-state index is 0. The summed E-state index contributed by atoms with van der Waals surface area (Å²) < 4.78 is 0. The van der Waals surface area contributed by atoms with Crippen molar-refractivity contribution >= 4 is 0 Å². The van der Waals surface area contributed by atoms with E-state index >= 15 is 0 Å². The molecule has 0 spiro atoms. The summed E-state index contributed by atoms with van der Waals surface area (Å²) in [5, 5.41) is 0. The number of rotatable bonds is 0. The molecule has 0 aliphatic carbocycles. The van der Waals surface area contributed by atoms with Crippen LogP contribution >= 0.6 is 0 Å². The number of hydrogen-bond acceptors (Lipinski definition) is 0. The van der Waals surface area contributed by atoms with E-state index in [1.54, 1.807) is 0 Å². The summed E-state index contributed by atoms with van der Waals surface area (Å²) in [6.07, 6.45) is 0. The number of hydrogen-bond donors (Lipinski definition) is 0. The molecule has 0 atom stereocenters. The predicted octanol–water partition coefficient (Wildman–Crippen LogP) is 0.443. The Hall–Kier alpha value is 1.87. The molecule has 0 aromatic heterocycles. The quantitative estimate of drug-likeness (QED) is 0.403. The van der Waals surface area contributed by atoms with E-state index in [4.69, 9.17) is 0 Å². The minimum atomic E-state index is 0. The molecular weight excluding hydrogens is 208 g/mol. The third kappa shape index (κ3) is 9.12. The van der Waals surface area contributed by atoms with Crippen molar-refractivity contribution in [1.82, 2.24) is 0 Å². The van der Waals surface area contributed by atoms with Crippen LogP contribution in [0, 0.1) is 7.43 Å². The maximum absolute atomic E-state index is 0. The van der Waals surface area contributed by atoms with Gasteiger partial charge < -0.3 is 7.43 Å². The van der Waals surface area contributed by atoms with E-state index in [1.165, 1.54) is 0 Å². The zero-order valence-electron chi connectivity index (χ0n) is 3.12. The van der Waals surface area contributed by atoms with E-state index in [2.05, 4.69) is 0 Å². The zero-order valence-corrected chi connectivity index (χ0v) is 12.0. The van der Waals surface area contributed by atoms with Gasteiger partial charge >= 0.3 is 0 Å². The second-order valence-corrected chi connectivity index (χ2v) is 0. The second-order valence-electron chi connectivity index (χ2n) is 0.